The van der Waals surface area contributed by atoms with E-state index in [2.05, 4.69) is 15.3 Å². The van der Waals surface area contributed by atoms with Crippen molar-refractivity contribution in [3.63, 3.8) is 0 Å². The number of aromatic nitrogens is 2. The molecule has 0 spiro atoms. The highest BCUT2D eigenvalue weighted by Gasteiger charge is 2.31. The van der Waals surface area contributed by atoms with E-state index in [4.69, 9.17) is 16.3 Å². The van der Waals surface area contributed by atoms with E-state index in [1.165, 1.54) is 0 Å². The second kappa shape index (κ2) is 6.69. The number of hydrogen-bond acceptors (Lipinski definition) is 5. The van der Waals surface area contributed by atoms with Crippen molar-refractivity contribution in [3.05, 3.63) is 17.0 Å². The summed E-state index contributed by atoms with van der Waals surface area (Å²) in [6.07, 6.45) is 1.67. The van der Waals surface area contributed by atoms with Gasteiger partial charge < -0.3 is 15.0 Å². The number of nitrogens with zero attached hydrogens (tertiary/aromatic N) is 3. The second-order valence-electron chi connectivity index (χ2n) is 6.51. The Balaban J connectivity index is 1.95. The van der Waals surface area contributed by atoms with Crippen LogP contribution in [0.4, 0.5) is 10.6 Å². The highest BCUT2D eigenvalue weighted by molar-refractivity contribution is 6.28. The number of likely N-dealkylation sites (tertiary alicyclic amines) is 1. The first-order valence-corrected chi connectivity index (χ1v) is 7.87. The average molecular weight is 327 g/mol. The molecule has 2 rings (SSSR count). The lowest BCUT2D eigenvalue weighted by molar-refractivity contribution is 0.0235. The molecule has 122 valence electrons. The van der Waals surface area contributed by atoms with Crippen LogP contribution in [-0.2, 0) is 4.74 Å². The molecule has 1 saturated heterocycles. The van der Waals surface area contributed by atoms with E-state index in [0.717, 1.165) is 25.1 Å². The van der Waals surface area contributed by atoms with Crippen LogP contribution in [0, 0.1) is 6.92 Å². The van der Waals surface area contributed by atoms with E-state index in [-0.39, 0.29) is 17.4 Å². The van der Waals surface area contributed by atoms with Gasteiger partial charge in [-0.2, -0.15) is 0 Å². The van der Waals surface area contributed by atoms with Gasteiger partial charge >= 0.3 is 6.09 Å². The Labute approximate surface area is 136 Å². The lowest BCUT2D eigenvalue weighted by Crippen LogP contribution is -2.42. The van der Waals surface area contributed by atoms with Crippen molar-refractivity contribution in [2.45, 2.75) is 52.2 Å². The fourth-order valence-electron chi connectivity index (χ4n) is 2.45. The lowest BCUT2D eigenvalue weighted by atomic mass is 10.2. The number of carbonyl (C=O) groups is 1. The molecule has 1 aliphatic heterocycles. The quantitative estimate of drug-likeness (QED) is 0.864. The zero-order chi connectivity index (χ0) is 16.3. The molecule has 0 bridgehead atoms. The summed E-state index contributed by atoms with van der Waals surface area (Å²) in [7, 11) is 0. The lowest BCUT2D eigenvalue weighted by Gasteiger charge is -2.28. The van der Waals surface area contributed by atoms with Crippen molar-refractivity contribution >= 4 is 23.5 Å². The van der Waals surface area contributed by atoms with Gasteiger partial charge in [0.1, 0.15) is 11.4 Å². The summed E-state index contributed by atoms with van der Waals surface area (Å²) in [5.74, 6) is 0.675. The molecule has 0 aromatic carbocycles. The average Bonchev–Trinajstić information content (AvgIpc) is 2.81. The van der Waals surface area contributed by atoms with Gasteiger partial charge in [-0.15, -0.1) is 0 Å². The Morgan fingerprint density at radius 2 is 2.23 bits per heavy atom. The Kier molecular flexibility index (Phi) is 5.11. The number of anilines is 1. The summed E-state index contributed by atoms with van der Waals surface area (Å²) in [6, 6.07) is 1.93. The van der Waals surface area contributed by atoms with Gasteiger partial charge in [-0.25, -0.2) is 14.8 Å². The topological polar surface area (TPSA) is 67.4 Å². The zero-order valence-corrected chi connectivity index (χ0v) is 14.3. The van der Waals surface area contributed by atoms with Gasteiger partial charge in [-0.05, 0) is 52.1 Å². The van der Waals surface area contributed by atoms with Crippen molar-refractivity contribution in [2.24, 2.45) is 0 Å². The van der Waals surface area contributed by atoms with Crippen LogP contribution in [0.2, 0.25) is 5.28 Å². The largest absolute Gasteiger partial charge is 0.444 e. The maximum atomic E-state index is 12.2. The molecule has 1 atom stereocenters. The number of rotatable bonds is 3. The predicted octanol–water partition coefficient (Wildman–Crippen LogP) is 3.25. The van der Waals surface area contributed by atoms with Crippen LogP contribution >= 0.6 is 11.6 Å². The van der Waals surface area contributed by atoms with E-state index in [1.54, 1.807) is 4.90 Å². The van der Waals surface area contributed by atoms with E-state index in [9.17, 15) is 4.79 Å². The molecule has 1 amide bonds. The van der Waals surface area contributed by atoms with Crippen LogP contribution in [0.5, 0.6) is 0 Å². The third-order valence-electron chi connectivity index (χ3n) is 3.35. The van der Waals surface area contributed by atoms with E-state index in [0.29, 0.717) is 12.4 Å². The molecule has 6 nitrogen and oxygen atoms in total. The van der Waals surface area contributed by atoms with Crippen LogP contribution in [0.25, 0.3) is 0 Å². The van der Waals surface area contributed by atoms with Gasteiger partial charge in [-0.1, -0.05) is 0 Å². The normalized spacial score (nSPS) is 18.4. The van der Waals surface area contributed by atoms with Crippen LogP contribution in [0.3, 0.4) is 0 Å². The van der Waals surface area contributed by atoms with E-state index in [1.807, 2.05) is 33.8 Å². The summed E-state index contributed by atoms with van der Waals surface area (Å²) in [6.45, 7) is 8.83. The van der Waals surface area contributed by atoms with E-state index >= 15 is 0 Å². The van der Waals surface area contributed by atoms with Gasteiger partial charge in [-0.3, -0.25) is 0 Å². The zero-order valence-electron chi connectivity index (χ0n) is 13.5. The summed E-state index contributed by atoms with van der Waals surface area (Å²) in [5.41, 5.74) is 0.326. The molecule has 0 aliphatic carbocycles. The monoisotopic (exact) mass is 326 g/mol. The van der Waals surface area contributed by atoms with Gasteiger partial charge in [0.15, 0.2) is 0 Å². The fourth-order valence-corrected chi connectivity index (χ4v) is 2.68. The second-order valence-corrected chi connectivity index (χ2v) is 6.85. The first kappa shape index (κ1) is 16.8. The Hall–Kier alpha value is -1.56. The smallest absolute Gasteiger partial charge is 0.410 e. The van der Waals surface area contributed by atoms with Crippen molar-refractivity contribution < 1.29 is 9.53 Å². The molecule has 7 heteroatoms. The molecule has 2 heterocycles. The molecule has 1 aliphatic rings. The minimum absolute atomic E-state index is 0.101. The molecule has 0 unspecified atom stereocenters. The molecule has 0 radical (unpaired) electrons. The van der Waals surface area contributed by atoms with Crippen LogP contribution in [0.15, 0.2) is 6.07 Å². The third kappa shape index (κ3) is 4.73. The summed E-state index contributed by atoms with van der Waals surface area (Å²) < 4.78 is 5.45. The van der Waals surface area contributed by atoms with Gasteiger partial charge in [0.25, 0.3) is 0 Å². The molecule has 1 N–H and O–H groups in total. The summed E-state index contributed by atoms with van der Waals surface area (Å²) in [5, 5.41) is 3.45. The van der Waals surface area contributed by atoms with Crippen LogP contribution in [0.1, 0.15) is 39.3 Å². The summed E-state index contributed by atoms with van der Waals surface area (Å²) in [4.78, 5) is 22.2. The molecule has 22 heavy (non-hydrogen) atoms. The number of amides is 1. The van der Waals surface area contributed by atoms with Gasteiger partial charge in [0.2, 0.25) is 5.28 Å². The van der Waals surface area contributed by atoms with Gasteiger partial charge in [0, 0.05) is 24.8 Å². The molecular formula is C15H23ClN4O2. The Morgan fingerprint density at radius 3 is 2.86 bits per heavy atom. The Bertz CT molecular complexity index is 525. The third-order valence-corrected chi connectivity index (χ3v) is 3.52. The van der Waals surface area contributed by atoms with Crippen LogP contribution < -0.4 is 5.32 Å². The van der Waals surface area contributed by atoms with Crippen molar-refractivity contribution in [1.82, 2.24) is 14.9 Å². The number of halogens is 1. The number of ether oxygens (including phenoxy) is 1. The Morgan fingerprint density at radius 1 is 1.50 bits per heavy atom. The predicted molar refractivity (Wildman–Crippen MR) is 86.2 cm³/mol. The number of hydrogen-bond donors (Lipinski definition) is 1. The summed E-state index contributed by atoms with van der Waals surface area (Å²) >= 11 is 5.85. The highest BCUT2D eigenvalue weighted by atomic mass is 35.5. The van der Waals surface area contributed by atoms with Crippen molar-refractivity contribution in [1.29, 1.82) is 0 Å². The number of aryl methyl sites for hydroxylation is 1. The minimum atomic E-state index is -0.477. The first-order valence-electron chi connectivity index (χ1n) is 7.49. The molecule has 1 fully saturated rings. The molecule has 1 aromatic heterocycles. The number of carbonyl (C=O) groups excluding carboxylic acids is 1. The van der Waals surface area contributed by atoms with Crippen molar-refractivity contribution in [3.8, 4) is 0 Å². The SMILES string of the molecule is Cc1cc(NC[C@H]2CCCN2C(=O)OC(C)(C)C)nc(Cl)n1. The fraction of sp³-hybridized carbons (Fsp3) is 0.667. The molecule has 0 saturated carbocycles. The van der Waals surface area contributed by atoms with E-state index < -0.39 is 5.60 Å². The standard InChI is InChI=1S/C15H23ClN4O2/c1-10-8-12(19-13(16)18-10)17-9-11-6-5-7-20(11)14(21)22-15(2,3)4/h8,11H,5-7,9H2,1-4H3,(H,17,18,19)/t11-/m1/s1. The minimum Gasteiger partial charge on any atom is -0.444 e. The molecular weight excluding hydrogens is 304 g/mol. The van der Waals surface area contributed by atoms with Crippen LogP contribution in [-0.4, -0.2) is 45.7 Å². The maximum Gasteiger partial charge on any atom is 0.410 e. The highest BCUT2D eigenvalue weighted by Crippen LogP contribution is 2.21. The van der Waals surface area contributed by atoms with Crippen molar-refractivity contribution in [2.75, 3.05) is 18.4 Å². The first-order chi connectivity index (χ1) is 10.2. The maximum absolute atomic E-state index is 12.2. The van der Waals surface area contributed by atoms with Gasteiger partial charge in [0.05, 0.1) is 6.04 Å². The molecule has 1 aromatic rings. The number of nitrogens with one attached hydrogen (secondary N) is 1.